The number of amides is 1. The van der Waals surface area contributed by atoms with E-state index < -0.39 is 5.60 Å². The Bertz CT molecular complexity index is 507. The number of amidine groups is 1. The molecule has 0 atom stereocenters. The molecule has 0 aromatic heterocycles. The molecule has 0 aliphatic rings. The van der Waals surface area contributed by atoms with E-state index in [0.717, 1.165) is 0 Å². The first-order chi connectivity index (χ1) is 9.28. The Kier molecular flexibility index (Phi) is 5.10. The Morgan fingerprint density at radius 2 is 2.00 bits per heavy atom. The molecular weight excluding hydrogens is 258 g/mol. The van der Waals surface area contributed by atoms with Gasteiger partial charge in [-0.05, 0) is 32.9 Å². The van der Waals surface area contributed by atoms with Crippen molar-refractivity contribution in [3.8, 4) is 0 Å². The van der Waals surface area contributed by atoms with Crippen molar-refractivity contribution in [2.45, 2.75) is 26.4 Å². The predicted octanol–water partition coefficient (Wildman–Crippen LogP) is 1.01. The molecule has 1 amide bonds. The average molecular weight is 279 g/mol. The molecule has 0 fully saturated rings. The highest BCUT2D eigenvalue weighted by Crippen LogP contribution is 2.12. The van der Waals surface area contributed by atoms with Crippen molar-refractivity contribution in [1.29, 1.82) is 0 Å². The van der Waals surface area contributed by atoms with Crippen LogP contribution in [0.2, 0.25) is 0 Å². The molecular formula is C14H21N3O3. The molecule has 1 aromatic rings. The maximum Gasteiger partial charge on any atom is 0.253 e. The number of hydrogen-bond acceptors (Lipinski definition) is 4. The second-order valence-corrected chi connectivity index (χ2v) is 5.20. The fraction of sp³-hybridized carbons (Fsp3) is 0.429. The minimum Gasteiger partial charge on any atom is -0.409 e. The van der Waals surface area contributed by atoms with Crippen LogP contribution < -0.4 is 5.73 Å². The van der Waals surface area contributed by atoms with Crippen LogP contribution in [0, 0.1) is 0 Å². The lowest BCUT2D eigenvalue weighted by atomic mass is 10.1. The highest BCUT2D eigenvalue weighted by Gasteiger charge is 2.22. The van der Waals surface area contributed by atoms with Gasteiger partial charge >= 0.3 is 0 Å². The van der Waals surface area contributed by atoms with Gasteiger partial charge in [-0.1, -0.05) is 17.3 Å². The highest BCUT2D eigenvalue weighted by molar-refractivity contribution is 6.01. The summed E-state index contributed by atoms with van der Waals surface area (Å²) in [6.07, 6.45) is 0. The van der Waals surface area contributed by atoms with Crippen LogP contribution >= 0.6 is 0 Å². The lowest BCUT2D eigenvalue weighted by Gasteiger charge is -2.28. The van der Waals surface area contributed by atoms with E-state index in [1.165, 1.54) is 0 Å². The number of carbonyl (C=O) groups is 1. The lowest BCUT2D eigenvalue weighted by molar-refractivity contribution is 0.0314. The molecule has 20 heavy (non-hydrogen) atoms. The number of likely N-dealkylation sites (N-methyl/N-ethyl adjacent to an activating group) is 1. The molecule has 0 bridgehead atoms. The molecule has 0 unspecified atom stereocenters. The van der Waals surface area contributed by atoms with Crippen LogP contribution in [-0.4, -0.2) is 45.6 Å². The second kappa shape index (κ2) is 6.38. The van der Waals surface area contributed by atoms with E-state index in [-0.39, 0.29) is 18.3 Å². The van der Waals surface area contributed by atoms with Crippen LogP contribution in [-0.2, 0) is 0 Å². The first-order valence-electron chi connectivity index (χ1n) is 6.38. The molecule has 0 heterocycles. The first kappa shape index (κ1) is 16.0. The van der Waals surface area contributed by atoms with Crippen molar-refractivity contribution in [3.05, 3.63) is 35.4 Å². The predicted molar refractivity (Wildman–Crippen MR) is 76.8 cm³/mol. The number of nitrogens with two attached hydrogens (primary N) is 1. The van der Waals surface area contributed by atoms with Gasteiger partial charge in [-0.15, -0.1) is 0 Å². The number of rotatable bonds is 5. The molecule has 4 N–H and O–H groups in total. The third-order valence-corrected chi connectivity index (χ3v) is 2.76. The van der Waals surface area contributed by atoms with Crippen LogP contribution in [0.4, 0.5) is 0 Å². The SMILES string of the molecule is CCN(CC(C)(C)O)C(=O)c1cccc(C(N)=NO)c1. The summed E-state index contributed by atoms with van der Waals surface area (Å²) in [4.78, 5) is 13.9. The summed E-state index contributed by atoms with van der Waals surface area (Å²) in [6.45, 7) is 5.86. The Morgan fingerprint density at radius 1 is 1.40 bits per heavy atom. The zero-order valence-electron chi connectivity index (χ0n) is 12.0. The molecule has 0 aliphatic heterocycles. The number of oxime groups is 1. The van der Waals surface area contributed by atoms with Crippen molar-refractivity contribution >= 4 is 11.7 Å². The van der Waals surface area contributed by atoms with Gasteiger partial charge in [0.25, 0.3) is 5.91 Å². The third-order valence-electron chi connectivity index (χ3n) is 2.76. The van der Waals surface area contributed by atoms with Gasteiger partial charge in [-0.2, -0.15) is 0 Å². The number of hydrogen-bond donors (Lipinski definition) is 3. The standard InChI is InChI=1S/C14H21N3O3/c1-4-17(9-14(2,3)19)13(18)11-7-5-6-10(8-11)12(15)16-20/h5-8,19-20H,4,9H2,1-3H3,(H2,15,16). The largest absolute Gasteiger partial charge is 0.409 e. The summed E-state index contributed by atoms with van der Waals surface area (Å²) >= 11 is 0. The quantitative estimate of drug-likeness (QED) is 0.324. The maximum absolute atomic E-state index is 12.4. The van der Waals surface area contributed by atoms with Gasteiger partial charge < -0.3 is 20.9 Å². The van der Waals surface area contributed by atoms with E-state index in [1.807, 2.05) is 6.92 Å². The summed E-state index contributed by atoms with van der Waals surface area (Å²) < 4.78 is 0. The van der Waals surface area contributed by atoms with Crippen molar-refractivity contribution in [2.75, 3.05) is 13.1 Å². The van der Waals surface area contributed by atoms with E-state index in [1.54, 1.807) is 43.0 Å². The summed E-state index contributed by atoms with van der Waals surface area (Å²) in [6, 6.07) is 6.53. The number of benzene rings is 1. The fourth-order valence-electron chi connectivity index (χ4n) is 1.85. The van der Waals surface area contributed by atoms with Gasteiger partial charge in [0.05, 0.1) is 5.60 Å². The van der Waals surface area contributed by atoms with Gasteiger partial charge in [0.1, 0.15) is 0 Å². The second-order valence-electron chi connectivity index (χ2n) is 5.20. The van der Waals surface area contributed by atoms with E-state index in [0.29, 0.717) is 17.7 Å². The molecule has 6 nitrogen and oxygen atoms in total. The molecule has 0 saturated heterocycles. The zero-order valence-corrected chi connectivity index (χ0v) is 12.0. The van der Waals surface area contributed by atoms with E-state index >= 15 is 0 Å². The van der Waals surface area contributed by atoms with E-state index in [2.05, 4.69) is 5.16 Å². The monoisotopic (exact) mass is 279 g/mol. The molecule has 1 rings (SSSR count). The van der Waals surface area contributed by atoms with Crippen LogP contribution in [0.1, 0.15) is 36.7 Å². The van der Waals surface area contributed by atoms with Crippen molar-refractivity contribution in [1.82, 2.24) is 4.90 Å². The Labute approximate surface area is 118 Å². The smallest absolute Gasteiger partial charge is 0.253 e. The van der Waals surface area contributed by atoms with Gasteiger partial charge in [-0.3, -0.25) is 4.79 Å². The normalized spacial score (nSPS) is 12.3. The van der Waals surface area contributed by atoms with Crippen LogP contribution in [0.3, 0.4) is 0 Å². The van der Waals surface area contributed by atoms with Crippen molar-refractivity contribution in [2.24, 2.45) is 10.9 Å². The Morgan fingerprint density at radius 3 is 2.50 bits per heavy atom. The molecule has 6 heteroatoms. The number of carbonyl (C=O) groups excluding carboxylic acids is 1. The molecule has 0 spiro atoms. The first-order valence-corrected chi connectivity index (χ1v) is 6.38. The van der Waals surface area contributed by atoms with Crippen molar-refractivity contribution < 1.29 is 15.1 Å². The average Bonchev–Trinajstić information content (AvgIpc) is 2.42. The van der Waals surface area contributed by atoms with Gasteiger partial charge in [0.15, 0.2) is 5.84 Å². The minimum atomic E-state index is -0.963. The van der Waals surface area contributed by atoms with Crippen LogP contribution in [0.15, 0.2) is 29.4 Å². The molecule has 0 radical (unpaired) electrons. The van der Waals surface area contributed by atoms with Crippen LogP contribution in [0.5, 0.6) is 0 Å². The Balaban J connectivity index is 3.01. The maximum atomic E-state index is 12.4. The number of aliphatic hydroxyl groups is 1. The van der Waals surface area contributed by atoms with Gasteiger partial charge in [0, 0.05) is 24.2 Å². The molecule has 110 valence electrons. The zero-order chi connectivity index (χ0) is 15.3. The minimum absolute atomic E-state index is 0.0508. The van der Waals surface area contributed by atoms with Crippen molar-refractivity contribution in [3.63, 3.8) is 0 Å². The molecule has 1 aromatic carbocycles. The van der Waals surface area contributed by atoms with Gasteiger partial charge in [0.2, 0.25) is 0 Å². The van der Waals surface area contributed by atoms with Gasteiger partial charge in [-0.25, -0.2) is 0 Å². The lowest BCUT2D eigenvalue weighted by Crippen LogP contribution is -2.42. The highest BCUT2D eigenvalue weighted by atomic mass is 16.4. The van der Waals surface area contributed by atoms with E-state index in [4.69, 9.17) is 10.9 Å². The van der Waals surface area contributed by atoms with E-state index in [9.17, 15) is 9.90 Å². The summed E-state index contributed by atoms with van der Waals surface area (Å²) in [5.74, 6) is -0.257. The fourth-order valence-corrected chi connectivity index (χ4v) is 1.85. The third kappa shape index (κ3) is 4.24. The summed E-state index contributed by atoms with van der Waals surface area (Å²) in [7, 11) is 0. The van der Waals surface area contributed by atoms with Crippen LogP contribution in [0.25, 0.3) is 0 Å². The molecule has 0 saturated carbocycles. The Hall–Kier alpha value is -2.08. The topological polar surface area (TPSA) is 99.2 Å². The number of nitrogens with zero attached hydrogens (tertiary/aromatic N) is 2. The summed E-state index contributed by atoms with van der Waals surface area (Å²) in [5.41, 5.74) is 5.45. The summed E-state index contributed by atoms with van der Waals surface area (Å²) in [5, 5.41) is 21.4. The molecule has 0 aliphatic carbocycles.